The Balaban J connectivity index is 1.60. The summed E-state index contributed by atoms with van der Waals surface area (Å²) in [5, 5.41) is 2.33. The normalized spacial score (nSPS) is 44.4. The van der Waals surface area contributed by atoms with E-state index in [1.807, 2.05) is 6.08 Å². The van der Waals surface area contributed by atoms with Gasteiger partial charge in [-0.1, -0.05) is 19.4 Å². The number of nitrogens with one attached hydrogen (secondary N) is 1. The third-order valence-electron chi connectivity index (χ3n) is 8.52. The number of carbonyl (C=O) groups is 3. The standard InChI is InChI=1S/C21H30N2O3/c1-20-9-7-13(24)11-12(20)3-4-14-15-5-6-17(18(25)23-19(22)26)21(15,2)10-8-16(14)20/h11,14-17H,3-10H2,1-2H3,(H3,22,23,25,26)/t14?,15?,16?,17?,20-,21-/m0/s1. The molecule has 5 nitrogen and oxygen atoms in total. The van der Waals surface area contributed by atoms with Crippen LogP contribution in [0.15, 0.2) is 11.6 Å². The monoisotopic (exact) mass is 358 g/mol. The van der Waals surface area contributed by atoms with Gasteiger partial charge in [-0.25, -0.2) is 4.79 Å². The van der Waals surface area contributed by atoms with Crippen molar-refractivity contribution in [1.29, 1.82) is 0 Å². The number of hydrogen-bond donors (Lipinski definition) is 2. The van der Waals surface area contributed by atoms with Crippen LogP contribution in [0.1, 0.15) is 65.2 Å². The van der Waals surface area contributed by atoms with Gasteiger partial charge in [-0.3, -0.25) is 14.9 Å². The second-order valence-corrected chi connectivity index (χ2v) is 9.50. The van der Waals surface area contributed by atoms with E-state index < -0.39 is 6.03 Å². The van der Waals surface area contributed by atoms with Crippen molar-refractivity contribution in [3.63, 3.8) is 0 Å². The van der Waals surface area contributed by atoms with Gasteiger partial charge in [0.05, 0.1) is 0 Å². The van der Waals surface area contributed by atoms with Crippen LogP contribution in [0.3, 0.4) is 0 Å². The van der Waals surface area contributed by atoms with Crippen molar-refractivity contribution < 1.29 is 14.4 Å². The van der Waals surface area contributed by atoms with E-state index in [0.717, 1.165) is 44.9 Å². The molecule has 3 amide bonds. The number of imide groups is 1. The minimum atomic E-state index is -0.748. The van der Waals surface area contributed by atoms with E-state index in [4.69, 9.17) is 5.73 Å². The van der Waals surface area contributed by atoms with Crippen LogP contribution in [0.2, 0.25) is 0 Å². The number of allylic oxidation sites excluding steroid dienone is 1. The fourth-order valence-electron chi connectivity index (χ4n) is 7.20. The van der Waals surface area contributed by atoms with Crippen LogP contribution in [0.4, 0.5) is 4.79 Å². The largest absolute Gasteiger partial charge is 0.351 e. The molecule has 6 atom stereocenters. The molecule has 0 aromatic rings. The van der Waals surface area contributed by atoms with Crippen LogP contribution in [-0.2, 0) is 9.59 Å². The number of carbonyl (C=O) groups excluding carboxylic acids is 3. The highest BCUT2D eigenvalue weighted by Crippen LogP contribution is 2.66. The van der Waals surface area contributed by atoms with Gasteiger partial charge in [0.1, 0.15) is 0 Å². The fraction of sp³-hybridized carbons (Fsp3) is 0.762. The van der Waals surface area contributed by atoms with Crippen LogP contribution < -0.4 is 11.1 Å². The van der Waals surface area contributed by atoms with Crippen molar-refractivity contribution in [2.75, 3.05) is 0 Å². The number of primary amides is 1. The molecule has 4 aliphatic carbocycles. The highest BCUT2D eigenvalue weighted by Gasteiger charge is 2.60. The zero-order chi connectivity index (χ0) is 18.7. The number of rotatable bonds is 1. The lowest BCUT2D eigenvalue weighted by Crippen LogP contribution is -2.52. The first-order valence-corrected chi connectivity index (χ1v) is 10.1. The Kier molecular flexibility index (Phi) is 4.05. The van der Waals surface area contributed by atoms with Gasteiger partial charge in [0.15, 0.2) is 5.78 Å². The summed E-state index contributed by atoms with van der Waals surface area (Å²) in [6.07, 6.45) is 9.78. The number of fused-ring (bicyclic) bond motifs is 5. The molecule has 3 saturated carbocycles. The summed E-state index contributed by atoms with van der Waals surface area (Å²) in [4.78, 5) is 35.6. The molecule has 0 aromatic carbocycles. The molecule has 0 saturated heterocycles. The highest BCUT2D eigenvalue weighted by molar-refractivity contribution is 5.95. The zero-order valence-corrected chi connectivity index (χ0v) is 15.8. The van der Waals surface area contributed by atoms with Crippen LogP contribution in [0, 0.1) is 34.5 Å². The predicted octanol–water partition coefficient (Wildman–Crippen LogP) is 3.33. The molecule has 0 aliphatic heterocycles. The zero-order valence-electron chi connectivity index (χ0n) is 15.8. The molecule has 0 aromatic heterocycles. The summed E-state index contributed by atoms with van der Waals surface area (Å²) in [6, 6.07) is -0.748. The Morgan fingerprint density at radius 3 is 2.58 bits per heavy atom. The number of nitrogens with two attached hydrogens (primary N) is 1. The molecule has 3 fully saturated rings. The van der Waals surface area contributed by atoms with Crippen LogP contribution in [0.25, 0.3) is 0 Å². The molecule has 4 rings (SSSR count). The molecule has 142 valence electrons. The Bertz CT molecular complexity index is 699. The molecule has 4 aliphatic rings. The van der Waals surface area contributed by atoms with Gasteiger partial charge >= 0.3 is 6.03 Å². The van der Waals surface area contributed by atoms with Gasteiger partial charge < -0.3 is 5.73 Å². The van der Waals surface area contributed by atoms with Gasteiger partial charge in [0.25, 0.3) is 0 Å². The lowest BCUT2D eigenvalue weighted by atomic mass is 9.47. The van der Waals surface area contributed by atoms with Gasteiger partial charge in [-0.2, -0.15) is 0 Å². The maximum atomic E-state index is 12.5. The summed E-state index contributed by atoms with van der Waals surface area (Å²) in [5.74, 6) is 1.76. The van der Waals surface area contributed by atoms with Crippen molar-refractivity contribution in [3.05, 3.63) is 11.6 Å². The Hall–Kier alpha value is -1.65. The molecule has 3 N–H and O–H groups in total. The third kappa shape index (κ3) is 2.46. The first kappa shape index (κ1) is 17.7. The summed E-state index contributed by atoms with van der Waals surface area (Å²) in [7, 11) is 0. The van der Waals surface area contributed by atoms with Crippen LogP contribution in [0.5, 0.6) is 0 Å². The average Bonchev–Trinajstić information content (AvgIpc) is 2.92. The SMILES string of the molecule is C[C@]12CCC3C(CCC4=CC(=O)CC[C@@]43C)C1CCC2C(=O)NC(N)=O. The van der Waals surface area contributed by atoms with Gasteiger partial charge in [0, 0.05) is 12.3 Å². The van der Waals surface area contributed by atoms with E-state index in [2.05, 4.69) is 19.2 Å². The molecular formula is C21H30N2O3. The van der Waals surface area contributed by atoms with E-state index >= 15 is 0 Å². The van der Waals surface area contributed by atoms with E-state index in [1.165, 1.54) is 5.57 Å². The summed E-state index contributed by atoms with van der Waals surface area (Å²) < 4.78 is 0. The number of amides is 3. The Labute approximate surface area is 155 Å². The Morgan fingerprint density at radius 2 is 1.85 bits per heavy atom. The van der Waals surface area contributed by atoms with Crippen LogP contribution >= 0.6 is 0 Å². The van der Waals surface area contributed by atoms with Crippen molar-refractivity contribution in [3.8, 4) is 0 Å². The molecular weight excluding hydrogens is 328 g/mol. The summed E-state index contributed by atoms with van der Waals surface area (Å²) in [5.41, 5.74) is 6.67. The molecule has 0 bridgehead atoms. The first-order chi connectivity index (χ1) is 12.3. The molecule has 0 heterocycles. The van der Waals surface area contributed by atoms with Crippen molar-refractivity contribution in [2.24, 2.45) is 40.2 Å². The van der Waals surface area contributed by atoms with Gasteiger partial charge in [-0.15, -0.1) is 0 Å². The maximum absolute atomic E-state index is 12.5. The minimum Gasteiger partial charge on any atom is -0.351 e. The van der Waals surface area contributed by atoms with E-state index in [-0.39, 0.29) is 22.7 Å². The molecule has 26 heavy (non-hydrogen) atoms. The maximum Gasteiger partial charge on any atom is 0.318 e. The molecule has 0 radical (unpaired) electrons. The van der Waals surface area contributed by atoms with Gasteiger partial charge in [-0.05, 0) is 79.6 Å². The topological polar surface area (TPSA) is 89.3 Å². The number of hydrogen-bond acceptors (Lipinski definition) is 3. The summed E-state index contributed by atoms with van der Waals surface area (Å²) in [6.45, 7) is 4.63. The first-order valence-electron chi connectivity index (χ1n) is 10.1. The average molecular weight is 358 g/mol. The second kappa shape index (κ2) is 5.93. The van der Waals surface area contributed by atoms with Crippen molar-refractivity contribution in [2.45, 2.75) is 65.2 Å². The predicted molar refractivity (Wildman–Crippen MR) is 97.9 cm³/mol. The highest BCUT2D eigenvalue weighted by atomic mass is 16.2. The second-order valence-electron chi connectivity index (χ2n) is 9.50. The molecule has 4 unspecified atom stereocenters. The minimum absolute atomic E-state index is 0.0389. The van der Waals surface area contributed by atoms with E-state index in [1.54, 1.807) is 0 Å². The fourth-order valence-corrected chi connectivity index (χ4v) is 7.20. The third-order valence-corrected chi connectivity index (χ3v) is 8.52. The number of ketones is 1. The van der Waals surface area contributed by atoms with Crippen LogP contribution in [-0.4, -0.2) is 17.7 Å². The van der Waals surface area contributed by atoms with Gasteiger partial charge in [0.2, 0.25) is 5.91 Å². The lowest BCUT2D eigenvalue weighted by molar-refractivity contribution is -0.131. The van der Waals surface area contributed by atoms with E-state index in [9.17, 15) is 14.4 Å². The summed E-state index contributed by atoms with van der Waals surface area (Å²) >= 11 is 0. The molecule has 5 heteroatoms. The van der Waals surface area contributed by atoms with E-state index in [0.29, 0.717) is 30.0 Å². The quantitative estimate of drug-likeness (QED) is 0.753. The van der Waals surface area contributed by atoms with Crippen molar-refractivity contribution in [1.82, 2.24) is 5.32 Å². The Morgan fingerprint density at radius 1 is 1.08 bits per heavy atom. The smallest absolute Gasteiger partial charge is 0.318 e. The molecule has 0 spiro atoms. The van der Waals surface area contributed by atoms with Crippen molar-refractivity contribution >= 4 is 17.7 Å². The number of urea groups is 1. The lowest BCUT2D eigenvalue weighted by Gasteiger charge is -2.58.